The molecule has 0 aliphatic carbocycles. The number of carboxylic acids is 1. The third-order valence-corrected chi connectivity index (χ3v) is 4.14. The minimum Gasteiger partial charge on any atom is -0.481 e. The molecule has 4 nitrogen and oxygen atoms in total. The van der Waals surface area contributed by atoms with Gasteiger partial charge in [-0.2, -0.15) is 0 Å². The van der Waals surface area contributed by atoms with Crippen LogP contribution in [0.5, 0.6) is 0 Å². The molecule has 0 amide bonds. The average Bonchev–Trinajstić information content (AvgIpc) is 2.32. The topological polar surface area (TPSA) is 60.8 Å². The molecule has 1 unspecified atom stereocenters. The minimum atomic E-state index is -1.01. The lowest BCUT2D eigenvalue weighted by Gasteiger charge is -2.42. The molecular formula is C15H29NO3. The fraction of sp³-hybridized carbons (Fsp3) is 0.933. The van der Waals surface area contributed by atoms with E-state index in [1.165, 1.54) is 0 Å². The van der Waals surface area contributed by atoms with Gasteiger partial charge in [-0.25, -0.2) is 0 Å². The van der Waals surface area contributed by atoms with Crippen molar-refractivity contribution in [3.05, 3.63) is 0 Å². The van der Waals surface area contributed by atoms with Crippen LogP contribution in [-0.2, 0) is 4.79 Å². The Labute approximate surface area is 116 Å². The summed E-state index contributed by atoms with van der Waals surface area (Å²) in [5.41, 5.74) is -1.01. The second-order valence-electron chi connectivity index (χ2n) is 6.33. The minimum absolute atomic E-state index is 0.584. The Morgan fingerprint density at radius 2 is 1.89 bits per heavy atom. The third-order valence-electron chi connectivity index (χ3n) is 4.14. The summed E-state index contributed by atoms with van der Waals surface area (Å²) in [6, 6.07) is 0. The van der Waals surface area contributed by atoms with Gasteiger partial charge < -0.3 is 15.1 Å². The first kappa shape index (κ1) is 16.4. The van der Waals surface area contributed by atoms with Gasteiger partial charge in [-0.1, -0.05) is 33.6 Å². The van der Waals surface area contributed by atoms with E-state index in [4.69, 9.17) is 0 Å². The van der Waals surface area contributed by atoms with Gasteiger partial charge in [-0.3, -0.25) is 4.79 Å². The Hall–Kier alpha value is -0.610. The van der Waals surface area contributed by atoms with Crippen LogP contribution in [-0.4, -0.2) is 46.3 Å². The maximum absolute atomic E-state index is 11.4. The molecule has 1 saturated heterocycles. The zero-order chi connectivity index (χ0) is 14.5. The molecule has 1 fully saturated rings. The number of carboxylic acid groups (broad SMARTS) is 1. The second kappa shape index (κ2) is 7.25. The normalized spacial score (nSPS) is 21.5. The smallest absolute Gasteiger partial charge is 0.309 e. The van der Waals surface area contributed by atoms with Gasteiger partial charge in [0.15, 0.2) is 0 Å². The Morgan fingerprint density at radius 1 is 1.32 bits per heavy atom. The Kier molecular flexibility index (Phi) is 6.27. The molecule has 112 valence electrons. The Morgan fingerprint density at radius 3 is 2.32 bits per heavy atom. The Bertz CT molecular complexity index is 283. The molecule has 0 aromatic rings. The number of unbranched alkanes of at least 4 members (excludes halogenated alkanes) is 1. The highest BCUT2D eigenvalue weighted by molar-refractivity contribution is 5.71. The predicted octanol–water partition coefficient (Wildman–Crippen LogP) is 2.36. The highest BCUT2D eigenvalue weighted by Crippen LogP contribution is 2.33. The van der Waals surface area contributed by atoms with Crippen LogP contribution in [0.15, 0.2) is 0 Å². The summed E-state index contributed by atoms with van der Waals surface area (Å²) in [6.45, 7) is 9.07. The second-order valence-corrected chi connectivity index (χ2v) is 6.33. The van der Waals surface area contributed by atoms with E-state index < -0.39 is 17.5 Å². The lowest BCUT2D eigenvalue weighted by molar-refractivity contribution is -0.157. The molecule has 0 bridgehead atoms. The van der Waals surface area contributed by atoms with Crippen molar-refractivity contribution >= 4 is 5.97 Å². The van der Waals surface area contributed by atoms with Gasteiger partial charge in [0.1, 0.15) is 0 Å². The van der Waals surface area contributed by atoms with E-state index in [1.807, 2.05) is 6.92 Å². The quantitative estimate of drug-likeness (QED) is 0.746. The molecule has 0 aromatic carbocycles. The van der Waals surface area contributed by atoms with E-state index in [-0.39, 0.29) is 0 Å². The third kappa shape index (κ3) is 4.77. The molecule has 19 heavy (non-hydrogen) atoms. The summed E-state index contributed by atoms with van der Waals surface area (Å²) in [5.74, 6) is -0.830. The lowest BCUT2D eigenvalue weighted by atomic mass is 9.77. The molecular weight excluding hydrogens is 242 g/mol. The van der Waals surface area contributed by atoms with Crippen LogP contribution >= 0.6 is 0 Å². The number of aliphatic carboxylic acids is 1. The summed E-state index contributed by atoms with van der Waals surface area (Å²) in [5, 5.41) is 20.0. The van der Waals surface area contributed by atoms with E-state index in [2.05, 4.69) is 18.7 Å². The average molecular weight is 271 g/mol. The summed E-state index contributed by atoms with van der Waals surface area (Å²) in [4.78, 5) is 13.7. The van der Waals surface area contributed by atoms with Crippen molar-refractivity contribution in [3.8, 4) is 0 Å². The van der Waals surface area contributed by atoms with Crippen LogP contribution in [0.2, 0.25) is 0 Å². The standard InChI is InChI=1S/C15H29NO3/c1-4-5-6-13(14(17)18)15(19)7-9-16(10-8-15)11-12(2)3/h12-13,19H,4-11H2,1-3H3,(H,17,18). The number of hydrogen-bond acceptors (Lipinski definition) is 3. The van der Waals surface area contributed by atoms with Crippen LogP contribution in [0.4, 0.5) is 0 Å². The first-order valence-electron chi connectivity index (χ1n) is 7.56. The van der Waals surface area contributed by atoms with Gasteiger partial charge in [0.2, 0.25) is 0 Å². The van der Waals surface area contributed by atoms with E-state index in [0.29, 0.717) is 25.2 Å². The van der Waals surface area contributed by atoms with Crippen LogP contribution in [0.1, 0.15) is 52.9 Å². The van der Waals surface area contributed by atoms with Gasteiger partial charge in [-0.05, 0) is 25.2 Å². The maximum Gasteiger partial charge on any atom is 0.309 e. The number of piperidine rings is 1. The van der Waals surface area contributed by atoms with Gasteiger partial charge in [0.05, 0.1) is 11.5 Å². The summed E-state index contributed by atoms with van der Waals surface area (Å²) in [7, 11) is 0. The number of hydrogen-bond donors (Lipinski definition) is 2. The van der Waals surface area contributed by atoms with Crippen LogP contribution in [0.25, 0.3) is 0 Å². The number of rotatable bonds is 7. The summed E-state index contributed by atoms with van der Waals surface area (Å²) in [6.07, 6.45) is 3.60. The molecule has 1 atom stereocenters. The van der Waals surface area contributed by atoms with Crippen molar-refractivity contribution in [2.75, 3.05) is 19.6 Å². The molecule has 0 aromatic heterocycles. The van der Waals surface area contributed by atoms with Crippen molar-refractivity contribution in [1.29, 1.82) is 0 Å². The number of carbonyl (C=O) groups is 1. The first-order chi connectivity index (χ1) is 8.89. The number of likely N-dealkylation sites (tertiary alicyclic amines) is 1. The van der Waals surface area contributed by atoms with Crippen LogP contribution in [0.3, 0.4) is 0 Å². The van der Waals surface area contributed by atoms with Crippen molar-refractivity contribution in [1.82, 2.24) is 4.90 Å². The van der Waals surface area contributed by atoms with E-state index in [9.17, 15) is 15.0 Å². The summed E-state index contributed by atoms with van der Waals surface area (Å²) >= 11 is 0. The van der Waals surface area contributed by atoms with Crippen molar-refractivity contribution in [2.45, 2.75) is 58.5 Å². The molecule has 0 saturated carbocycles. The van der Waals surface area contributed by atoms with Gasteiger partial charge in [0.25, 0.3) is 0 Å². The van der Waals surface area contributed by atoms with E-state index >= 15 is 0 Å². The van der Waals surface area contributed by atoms with E-state index in [1.54, 1.807) is 0 Å². The molecule has 1 aliphatic rings. The molecule has 1 rings (SSSR count). The fourth-order valence-electron chi connectivity index (χ4n) is 3.02. The van der Waals surface area contributed by atoms with Crippen molar-refractivity contribution < 1.29 is 15.0 Å². The Balaban J connectivity index is 2.58. The van der Waals surface area contributed by atoms with Crippen LogP contribution < -0.4 is 0 Å². The highest BCUT2D eigenvalue weighted by atomic mass is 16.4. The van der Waals surface area contributed by atoms with Gasteiger partial charge in [0, 0.05) is 19.6 Å². The van der Waals surface area contributed by atoms with Crippen molar-refractivity contribution in [3.63, 3.8) is 0 Å². The zero-order valence-electron chi connectivity index (χ0n) is 12.6. The van der Waals surface area contributed by atoms with Crippen molar-refractivity contribution in [2.24, 2.45) is 11.8 Å². The zero-order valence-corrected chi connectivity index (χ0v) is 12.6. The largest absolute Gasteiger partial charge is 0.481 e. The molecule has 0 spiro atoms. The van der Waals surface area contributed by atoms with Gasteiger partial charge >= 0.3 is 5.97 Å². The number of nitrogens with zero attached hydrogens (tertiary/aromatic N) is 1. The predicted molar refractivity (Wildman–Crippen MR) is 76.1 cm³/mol. The van der Waals surface area contributed by atoms with Gasteiger partial charge in [-0.15, -0.1) is 0 Å². The SMILES string of the molecule is CCCCC(C(=O)O)C1(O)CCN(CC(C)C)CC1. The first-order valence-corrected chi connectivity index (χ1v) is 7.56. The highest BCUT2D eigenvalue weighted by Gasteiger charge is 2.43. The number of aliphatic hydroxyl groups is 1. The lowest BCUT2D eigenvalue weighted by Crippen LogP contribution is -2.51. The molecule has 0 radical (unpaired) electrons. The summed E-state index contributed by atoms with van der Waals surface area (Å²) < 4.78 is 0. The molecule has 2 N–H and O–H groups in total. The van der Waals surface area contributed by atoms with E-state index in [0.717, 1.165) is 32.5 Å². The molecule has 1 heterocycles. The molecule has 4 heteroatoms. The monoisotopic (exact) mass is 271 g/mol. The fourth-order valence-corrected chi connectivity index (χ4v) is 3.02. The molecule has 1 aliphatic heterocycles. The van der Waals surface area contributed by atoms with Crippen LogP contribution in [0, 0.1) is 11.8 Å². The maximum atomic E-state index is 11.4.